The number of primary amides is 1. The van der Waals surface area contributed by atoms with Crippen molar-refractivity contribution in [3.63, 3.8) is 0 Å². The Morgan fingerprint density at radius 3 is 2.67 bits per heavy atom. The second-order valence-electron chi connectivity index (χ2n) is 4.22. The zero-order valence-corrected chi connectivity index (χ0v) is 9.68. The van der Waals surface area contributed by atoms with Crippen LogP contribution in [0, 0.1) is 0 Å². The van der Waals surface area contributed by atoms with Gasteiger partial charge in [-0.25, -0.2) is 0 Å². The Labute approximate surface area is 104 Å². The van der Waals surface area contributed by atoms with Crippen molar-refractivity contribution in [1.29, 1.82) is 0 Å². The molecule has 0 atom stereocenters. The maximum atomic E-state index is 11.2. The van der Waals surface area contributed by atoms with Gasteiger partial charge in [-0.2, -0.15) is 0 Å². The van der Waals surface area contributed by atoms with E-state index < -0.39 is 5.91 Å². The van der Waals surface area contributed by atoms with E-state index in [2.05, 4.69) is 11.1 Å². The van der Waals surface area contributed by atoms with E-state index in [0.717, 1.165) is 22.0 Å². The van der Waals surface area contributed by atoms with Gasteiger partial charge in [0.25, 0.3) is 0 Å². The first-order valence-corrected chi connectivity index (χ1v) is 5.71. The lowest BCUT2D eigenvalue weighted by molar-refractivity contribution is 0.100. The number of benzene rings is 2. The Hall–Kier alpha value is -2.55. The van der Waals surface area contributed by atoms with Crippen molar-refractivity contribution in [2.75, 3.05) is 0 Å². The number of nitrogens with one attached hydrogen (secondary N) is 1. The van der Waals surface area contributed by atoms with Crippen LogP contribution in [-0.2, 0) is 0 Å². The molecule has 0 spiro atoms. The van der Waals surface area contributed by atoms with E-state index in [1.165, 1.54) is 0 Å². The molecule has 0 aliphatic heterocycles. The van der Waals surface area contributed by atoms with Crippen LogP contribution in [0.15, 0.2) is 54.7 Å². The molecule has 0 saturated carbocycles. The lowest BCUT2D eigenvalue weighted by Gasteiger charge is -2.04. The number of aromatic amines is 1. The fourth-order valence-corrected chi connectivity index (χ4v) is 2.08. The molecule has 3 rings (SSSR count). The molecule has 3 aromatic rings. The lowest BCUT2D eigenvalue weighted by Crippen LogP contribution is -2.10. The summed E-state index contributed by atoms with van der Waals surface area (Å²) in [6, 6.07) is 15.5. The van der Waals surface area contributed by atoms with Crippen molar-refractivity contribution in [3.8, 4) is 11.1 Å². The Bertz CT molecular complexity index is 728. The number of nitrogens with two attached hydrogens (primary N) is 1. The third-order valence-electron chi connectivity index (χ3n) is 3.03. The van der Waals surface area contributed by atoms with E-state index in [1.54, 1.807) is 6.07 Å². The van der Waals surface area contributed by atoms with Crippen molar-refractivity contribution in [1.82, 2.24) is 4.98 Å². The molecule has 0 aliphatic rings. The fraction of sp³-hybridized carbons (Fsp3) is 0. The third-order valence-corrected chi connectivity index (χ3v) is 3.03. The van der Waals surface area contributed by atoms with Crippen LogP contribution in [0.4, 0.5) is 0 Å². The SMILES string of the molecule is NC(=O)c1cccc(-c2ccc3[nH]ccc3c2)c1. The first-order valence-electron chi connectivity index (χ1n) is 5.71. The minimum Gasteiger partial charge on any atom is -0.366 e. The summed E-state index contributed by atoms with van der Waals surface area (Å²) in [5.41, 5.74) is 8.99. The first kappa shape index (κ1) is 10.6. The molecule has 3 heteroatoms. The Morgan fingerprint density at radius 2 is 1.83 bits per heavy atom. The topological polar surface area (TPSA) is 58.9 Å². The maximum Gasteiger partial charge on any atom is 0.248 e. The van der Waals surface area contributed by atoms with Crippen molar-refractivity contribution < 1.29 is 4.79 Å². The minimum absolute atomic E-state index is 0.403. The average molecular weight is 236 g/mol. The van der Waals surface area contributed by atoms with E-state index in [4.69, 9.17) is 5.73 Å². The molecule has 0 bridgehead atoms. The van der Waals surface area contributed by atoms with E-state index in [1.807, 2.05) is 42.6 Å². The predicted molar refractivity (Wildman–Crippen MR) is 72.3 cm³/mol. The van der Waals surface area contributed by atoms with Crippen LogP contribution in [0.2, 0.25) is 0 Å². The molecule has 2 aromatic carbocycles. The highest BCUT2D eigenvalue weighted by molar-refractivity contribution is 5.94. The number of rotatable bonds is 2. The summed E-state index contributed by atoms with van der Waals surface area (Å²) >= 11 is 0. The molecule has 3 nitrogen and oxygen atoms in total. The van der Waals surface area contributed by atoms with Crippen molar-refractivity contribution in [2.24, 2.45) is 5.73 Å². The molecule has 0 unspecified atom stereocenters. The van der Waals surface area contributed by atoms with Crippen LogP contribution in [0.25, 0.3) is 22.0 Å². The normalized spacial score (nSPS) is 10.7. The van der Waals surface area contributed by atoms with Crippen molar-refractivity contribution in [3.05, 3.63) is 60.3 Å². The van der Waals surface area contributed by atoms with Crippen LogP contribution >= 0.6 is 0 Å². The molecule has 18 heavy (non-hydrogen) atoms. The Kier molecular flexibility index (Phi) is 2.38. The van der Waals surface area contributed by atoms with Gasteiger partial charge in [-0.05, 0) is 46.8 Å². The molecule has 0 aliphatic carbocycles. The van der Waals surface area contributed by atoms with Crippen molar-refractivity contribution in [2.45, 2.75) is 0 Å². The number of hydrogen-bond donors (Lipinski definition) is 2. The summed E-state index contributed by atoms with van der Waals surface area (Å²) in [5.74, 6) is -0.403. The molecular formula is C15H12N2O. The summed E-state index contributed by atoms with van der Waals surface area (Å²) in [4.78, 5) is 14.3. The minimum atomic E-state index is -0.403. The van der Waals surface area contributed by atoms with Gasteiger partial charge in [-0.15, -0.1) is 0 Å². The van der Waals surface area contributed by atoms with Crippen LogP contribution in [0.5, 0.6) is 0 Å². The van der Waals surface area contributed by atoms with Crippen LogP contribution in [0.3, 0.4) is 0 Å². The Morgan fingerprint density at radius 1 is 1.00 bits per heavy atom. The summed E-state index contributed by atoms with van der Waals surface area (Å²) in [7, 11) is 0. The van der Waals surface area contributed by atoms with Gasteiger partial charge in [0.15, 0.2) is 0 Å². The number of carbonyl (C=O) groups is 1. The molecule has 0 radical (unpaired) electrons. The maximum absolute atomic E-state index is 11.2. The fourth-order valence-electron chi connectivity index (χ4n) is 2.08. The van der Waals surface area contributed by atoms with Gasteiger partial charge in [0.05, 0.1) is 0 Å². The molecule has 1 heterocycles. The monoisotopic (exact) mass is 236 g/mol. The van der Waals surface area contributed by atoms with Gasteiger partial charge in [-0.1, -0.05) is 18.2 Å². The molecule has 1 aromatic heterocycles. The van der Waals surface area contributed by atoms with E-state index in [-0.39, 0.29) is 0 Å². The summed E-state index contributed by atoms with van der Waals surface area (Å²) in [6.45, 7) is 0. The molecule has 1 amide bonds. The molecule has 0 saturated heterocycles. The predicted octanol–water partition coefficient (Wildman–Crippen LogP) is 2.93. The van der Waals surface area contributed by atoms with Gasteiger partial charge in [0, 0.05) is 17.3 Å². The Balaban J connectivity index is 2.13. The highest BCUT2D eigenvalue weighted by atomic mass is 16.1. The largest absolute Gasteiger partial charge is 0.366 e. The second kappa shape index (κ2) is 4.04. The van der Waals surface area contributed by atoms with Crippen LogP contribution in [0.1, 0.15) is 10.4 Å². The van der Waals surface area contributed by atoms with E-state index in [9.17, 15) is 4.79 Å². The number of aromatic nitrogens is 1. The molecular weight excluding hydrogens is 224 g/mol. The molecule has 0 fully saturated rings. The van der Waals surface area contributed by atoms with E-state index >= 15 is 0 Å². The lowest BCUT2D eigenvalue weighted by atomic mass is 10.0. The highest BCUT2D eigenvalue weighted by Crippen LogP contribution is 2.24. The smallest absolute Gasteiger partial charge is 0.248 e. The standard InChI is InChI=1S/C15H12N2O/c16-15(18)13-3-1-2-10(9-13)11-4-5-14-12(8-11)6-7-17-14/h1-9,17H,(H2,16,18). The van der Waals surface area contributed by atoms with Crippen molar-refractivity contribution >= 4 is 16.8 Å². The summed E-state index contributed by atoms with van der Waals surface area (Å²) < 4.78 is 0. The summed E-state index contributed by atoms with van der Waals surface area (Å²) in [6.07, 6.45) is 1.91. The highest BCUT2D eigenvalue weighted by Gasteiger charge is 2.04. The quantitative estimate of drug-likeness (QED) is 0.706. The van der Waals surface area contributed by atoms with Crippen LogP contribution < -0.4 is 5.73 Å². The number of fused-ring (bicyclic) bond motifs is 1. The number of hydrogen-bond acceptors (Lipinski definition) is 1. The number of amides is 1. The van der Waals surface area contributed by atoms with Crippen LogP contribution in [-0.4, -0.2) is 10.9 Å². The van der Waals surface area contributed by atoms with Gasteiger partial charge in [0.1, 0.15) is 0 Å². The van der Waals surface area contributed by atoms with Gasteiger partial charge in [0.2, 0.25) is 5.91 Å². The zero-order chi connectivity index (χ0) is 12.5. The second-order valence-corrected chi connectivity index (χ2v) is 4.22. The van der Waals surface area contributed by atoms with Gasteiger partial charge >= 0.3 is 0 Å². The number of H-pyrrole nitrogens is 1. The third kappa shape index (κ3) is 1.76. The average Bonchev–Trinajstić information content (AvgIpc) is 2.86. The van der Waals surface area contributed by atoms with E-state index in [0.29, 0.717) is 5.56 Å². The summed E-state index contributed by atoms with van der Waals surface area (Å²) in [5, 5.41) is 1.15. The van der Waals surface area contributed by atoms with Gasteiger partial charge in [-0.3, -0.25) is 4.79 Å². The zero-order valence-electron chi connectivity index (χ0n) is 9.68. The first-order chi connectivity index (χ1) is 8.74. The molecule has 88 valence electrons. The van der Waals surface area contributed by atoms with Gasteiger partial charge < -0.3 is 10.7 Å². The molecule has 3 N–H and O–H groups in total. The number of carbonyl (C=O) groups excluding carboxylic acids is 1.